The summed E-state index contributed by atoms with van der Waals surface area (Å²) >= 11 is 0. The van der Waals surface area contributed by atoms with E-state index in [1.54, 1.807) is 12.1 Å². The molecule has 0 aliphatic rings. The topological polar surface area (TPSA) is 86.7 Å². The van der Waals surface area contributed by atoms with Gasteiger partial charge in [0, 0.05) is 0 Å². The average Bonchev–Trinajstić information content (AvgIpc) is 2.90. The van der Waals surface area contributed by atoms with E-state index in [-0.39, 0.29) is 11.3 Å². The summed E-state index contributed by atoms with van der Waals surface area (Å²) in [5.74, 6) is -0.757. The lowest BCUT2D eigenvalue weighted by molar-refractivity contribution is -0.175. The average molecular weight is 501 g/mol. The highest BCUT2D eigenvalue weighted by molar-refractivity contribution is 7.89. The zero-order valence-electron chi connectivity index (χ0n) is 19.9. The summed E-state index contributed by atoms with van der Waals surface area (Å²) in [5, 5.41) is 11.9. The molecule has 0 bridgehead atoms. The Morgan fingerprint density at radius 3 is 1.75 bits per heavy atom. The number of amides is 1. The lowest BCUT2D eigenvalue weighted by Gasteiger charge is -2.30. The Labute approximate surface area is 211 Å². The van der Waals surface area contributed by atoms with Gasteiger partial charge in [0.2, 0.25) is 10.0 Å². The standard InChI is InChI=1S/C29H28N2O4S/c1-22-17-19-26(20-18-22)36(34,35)30-27(21-23-11-5-2-6-12-23)29(32)31(33)28(24-13-7-3-8-14-24)25-15-9-4-10-16-25/h2-20,27-28,30,33H,21H2,1H3/t27-/m0/s1. The number of sulfonamides is 1. The fourth-order valence-electron chi connectivity index (χ4n) is 4.03. The molecule has 0 unspecified atom stereocenters. The summed E-state index contributed by atoms with van der Waals surface area (Å²) in [7, 11) is -4.04. The number of nitrogens with zero attached hydrogens (tertiary/aromatic N) is 1. The number of rotatable bonds is 9. The van der Waals surface area contributed by atoms with Crippen LogP contribution in [-0.4, -0.2) is 30.6 Å². The zero-order chi connectivity index (χ0) is 25.5. The van der Waals surface area contributed by atoms with Crippen LogP contribution in [0.15, 0.2) is 120 Å². The highest BCUT2D eigenvalue weighted by atomic mass is 32.2. The van der Waals surface area contributed by atoms with Crippen LogP contribution in [0.5, 0.6) is 0 Å². The van der Waals surface area contributed by atoms with Crippen molar-refractivity contribution in [2.45, 2.75) is 30.3 Å². The van der Waals surface area contributed by atoms with Crippen molar-refractivity contribution < 1.29 is 18.4 Å². The predicted octanol–water partition coefficient (Wildman–Crippen LogP) is 4.89. The number of hydrogen-bond acceptors (Lipinski definition) is 4. The molecule has 184 valence electrons. The van der Waals surface area contributed by atoms with Crippen molar-refractivity contribution >= 4 is 15.9 Å². The van der Waals surface area contributed by atoms with Gasteiger partial charge in [-0.3, -0.25) is 10.0 Å². The Kier molecular flexibility index (Phi) is 7.95. The quantitative estimate of drug-likeness (QED) is 0.253. The van der Waals surface area contributed by atoms with E-state index in [1.165, 1.54) is 12.1 Å². The molecule has 0 heterocycles. The number of nitrogens with one attached hydrogen (secondary N) is 1. The molecule has 0 aliphatic heterocycles. The van der Waals surface area contributed by atoms with Crippen LogP contribution in [0.25, 0.3) is 0 Å². The molecule has 4 aromatic rings. The number of benzene rings is 4. The lowest BCUT2D eigenvalue weighted by atomic mass is 9.97. The highest BCUT2D eigenvalue weighted by Gasteiger charge is 2.34. The zero-order valence-corrected chi connectivity index (χ0v) is 20.7. The van der Waals surface area contributed by atoms with Gasteiger partial charge in [-0.15, -0.1) is 0 Å². The Hall–Kier alpha value is -3.78. The second-order valence-electron chi connectivity index (χ2n) is 8.58. The monoisotopic (exact) mass is 500 g/mol. The fourth-order valence-corrected chi connectivity index (χ4v) is 5.22. The van der Waals surface area contributed by atoms with E-state index in [2.05, 4.69) is 4.72 Å². The van der Waals surface area contributed by atoms with Crippen LogP contribution < -0.4 is 4.72 Å². The largest absolute Gasteiger partial charge is 0.285 e. The predicted molar refractivity (Wildman–Crippen MR) is 139 cm³/mol. The molecule has 1 atom stereocenters. The second kappa shape index (κ2) is 11.3. The number of hydroxylamine groups is 2. The molecule has 0 spiro atoms. The van der Waals surface area contributed by atoms with Gasteiger partial charge < -0.3 is 0 Å². The maximum Gasteiger partial charge on any atom is 0.265 e. The van der Waals surface area contributed by atoms with Gasteiger partial charge in [-0.25, -0.2) is 13.5 Å². The summed E-state index contributed by atoms with van der Waals surface area (Å²) in [6.07, 6.45) is 0.0676. The molecule has 1 amide bonds. The third-order valence-electron chi connectivity index (χ3n) is 5.91. The molecule has 7 heteroatoms. The first-order chi connectivity index (χ1) is 17.3. The van der Waals surface area contributed by atoms with Crippen molar-refractivity contribution in [3.63, 3.8) is 0 Å². The van der Waals surface area contributed by atoms with E-state index in [9.17, 15) is 18.4 Å². The minimum Gasteiger partial charge on any atom is -0.285 e. The molecule has 0 saturated heterocycles. The molecular weight excluding hydrogens is 472 g/mol. The SMILES string of the molecule is Cc1ccc(S(=O)(=O)N[C@@H](Cc2ccccc2)C(=O)N(O)C(c2ccccc2)c2ccccc2)cc1. The summed E-state index contributed by atoms with van der Waals surface area (Å²) < 4.78 is 29.0. The summed E-state index contributed by atoms with van der Waals surface area (Å²) in [5.41, 5.74) is 3.06. The normalized spacial score (nSPS) is 12.3. The van der Waals surface area contributed by atoms with Crippen LogP contribution in [0, 0.1) is 6.92 Å². The summed E-state index contributed by atoms with van der Waals surface area (Å²) in [6, 6.07) is 31.7. The first-order valence-electron chi connectivity index (χ1n) is 11.6. The van der Waals surface area contributed by atoms with Gasteiger partial charge in [0.05, 0.1) is 4.90 Å². The maximum absolute atomic E-state index is 13.7. The van der Waals surface area contributed by atoms with Gasteiger partial charge in [0.15, 0.2) is 0 Å². The first kappa shape index (κ1) is 25.3. The van der Waals surface area contributed by atoms with E-state index in [0.717, 1.165) is 11.1 Å². The number of carbonyl (C=O) groups is 1. The van der Waals surface area contributed by atoms with Crippen molar-refractivity contribution in [3.05, 3.63) is 138 Å². The van der Waals surface area contributed by atoms with Crippen molar-refractivity contribution in [3.8, 4) is 0 Å². The maximum atomic E-state index is 13.7. The van der Waals surface area contributed by atoms with Gasteiger partial charge in [-0.05, 0) is 42.2 Å². The Morgan fingerprint density at radius 1 is 0.778 bits per heavy atom. The van der Waals surface area contributed by atoms with Crippen LogP contribution in [0.1, 0.15) is 28.3 Å². The van der Waals surface area contributed by atoms with Gasteiger partial charge in [-0.2, -0.15) is 4.72 Å². The van der Waals surface area contributed by atoms with Crippen LogP contribution in [0.4, 0.5) is 0 Å². The van der Waals surface area contributed by atoms with E-state index >= 15 is 0 Å². The van der Waals surface area contributed by atoms with E-state index in [1.807, 2.05) is 97.9 Å². The van der Waals surface area contributed by atoms with Crippen molar-refractivity contribution in [1.29, 1.82) is 0 Å². The Balaban J connectivity index is 1.70. The van der Waals surface area contributed by atoms with Gasteiger partial charge >= 0.3 is 0 Å². The fraction of sp³-hybridized carbons (Fsp3) is 0.138. The third-order valence-corrected chi connectivity index (χ3v) is 7.40. The minimum atomic E-state index is -4.04. The summed E-state index contributed by atoms with van der Waals surface area (Å²) in [4.78, 5) is 13.8. The third kappa shape index (κ3) is 6.07. The van der Waals surface area contributed by atoms with E-state index in [4.69, 9.17) is 0 Å². The van der Waals surface area contributed by atoms with Crippen LogP contribution in [0.2, 0.25) is 0 Å². The molecule has 4 aromatic carbocycles. The van der Waals surface area contributed by atoms with E-state index < -0.39 is 28.0 Å². The van der Waals surface area contributed by atoms with Crippen molar-refractivity contribution in [2.75, 3.05) is 0 Å². The van der Waals surface area contributed by atoms with E-state index in [0.29, 0.717) is 16.2 Å². The smallest absolute Gasteiger partial charge is 0.265 e. The molecule has 0 saturated carbocycles. The van der Waals surface area contributed by atoms with Gasteiger partial charge in [-0.1, -0.05) is 109 Å². The molecule has 0 aliphatic carbocycles. The molecule has 0 radical (unpaired) electrons. The molecule has 0 fully saturated rings. The summed E-state index contributed by atoms with van der Waals surface area (Å²) in [6.45, 7) is 1.86. The van der Waals surface area contributed by atoms with Crippen molar-refractivity contribution in [1.82, 2.24) is 9.79 Å². The molecule has 0 aromatic heterocycles. The van der Waals surface area contributed by atoms with Gasteiger partial charge in [0.25, 0.3) is 5.91 Å². The van der Waals surface area contributed by atoms with Crippen molar-refractivity contribution in [2.24, 2.45) is 0 Å². The molecular formula is C29H28N2O4S. The first-order valence-corrected chi connectivity index (χ1v) is 13.1. The van der Waals surface area contributed by atoms with Gasteiger partial charge in [0.1, 0.15) is 12.1 Å². The highest BCUT2D eigenvalue weighted by Crippen LogP contribution is 2.28. The molecule has 36 heavy (non-hydrogen) atoms. The number of aryl methyl sites for hydroxylation is 1. The number of carbonyl (C=O) groups excluding carboxylic acids is 1. The molecule has 6 nitrogen and oxygen atoms in total. The molecule has 2 N–H and O–H groups in total. The van der Waals surface area contributed by atoms with Crippen LogP contribution in [-0.2, 0) is 21.2 Å². The second-order valence-corrected chi connectivity index (χ2v) is 10.3. The Morgan fingerprint density at radius 2 is 1.25 bits per heavy atom. The molecule has 4 rings (SSSR count). The lowest BCUT2D eigenvalue weighted by Crippen LogP contribution is -2.49. The number of hydrogen-bond donors (Lipinski definition) is 2. The van der Waals surface area contributed by atoms with Crippen LogP contribution >= 0.6 is 0 Å². The Bertz CT molecular complexity index is 1340. The minimum absolute atomic E-state index is 0.0473. The van der Waals surface area contributed by atoms with Crippen LogP contribution in [0.3, 0.4) is 0 Å².